The van der Waals surface area contributed by atoms with Crippen LogP contribution in [0.2, 0.25) is 0 Å². The van der Waals surface area contributed by atoms with E-state index in [1.54, 1.807) is 36.4 Å². The number of benzene rings is 2. The highest BCUT2D eigenvalue weighted by atomic mass is 79.9. The number of anilines is 1. The molecule has 0 N–H and O–H groups in total. The third-order valence-electron chi connectivity index (χ3n) is 4.39. The van der Waals surface area contributed by atoms with E-state index in [0.29, 0.717) is 36.4 Å². The summed E-state index contributed by atoms with van der Waals surface area (Å²) in [7, 11) is -3.36. The summed E-state index contributed by atoms with van der Waals surface area (Å²) in [5, 5.41) is 0. The van der Waals surface area contributed by atoms with Crippen LogP contribution in [0.4, 0.5) is 5.69 Å². The monoisotopic (exact) mass is 481 g/mol. The van der Waals surface area contributed by atoms with Gasteiger partial charge in [-0.05, 0) is 54.8 Å². The quantitative estimate of drug-likeness (QED) is 0.446. The molecule has 0 unspecified atom stereocenters. The first-order valence-electron chi connectivity index (χ1n) is 8.92. The maximum Gasteiger partial charge on any atom is 0.344 e. The number of hydrogen-bond acceptors (Lipinski definition) is 6. The van der Waals surface area contributed by atoms with Gasteiger partial charge in [0, 0.05) is 16.6 Å². The average molecular weight is 482 g/mol. The Labute approximate surface area is 177 Å². The number of carbonyl (C=O) groups is 2. The number of fused-ring (bicyclic) bond motifs is 1. The number of aryl methyl sites for hydroxylation is 1. The van der Waals surface area contributed by atoms with E-state index in [4.69, 9.17) is 9.47 Å². The zero-order valence-corrected chi connectivity index (χ0v) is 18.2. The van der Waals surface area contributed by atoms with Crippen LogP contribution in [0.25, 0.3) is 0 Å². The normalized spacial score (nSPS) is 13.5. The summed E-state index contributed by atoms with van der Waals surface area (Å²) in [4.78, 5) is 24.2. The molecule has 1 heterocycles. The number of ketones is 1. The first-order chi connectivity index (χ1) is 13.7. The Morgan fingerprint density at radius 3 is 2.66 bits per heavy atom. The number of halogens is 1. The van der Waals surface area contributed by atoms with Gasteiger partial charge in [-0.25, -0.2) is 13.2 Å². The lowest BCUT2D eigenvalue weighted by Crippen LogP contribution is -2.34. The highest BCUT2D eigenvalue weighted by Gasteiger charge is 2.24. The van der Waals surface area contributed by atoms with Gasteiger partial charge in [0.05, 0.1) is 11.9 Å². The van der Waals surface area contributed by atoms with Crippen LogP contribution < -0.4 is 9.04 Å². The maximum absolute atomic E-state index is 12.4. The fourth-order valence-corrected chi connectivity index (χ4v) is 4.43. The van der Waals surface area contributed by atoms with Crippen molar-refractivity contribution in [2.75, 3.05) is 30.3 Å². The van der Waals surface area contributed by atoms with Crippen molar-refractivity contribution in [1.29, 1.82) is 0 Å². The van der Waals surface area contributed by atoms with Crippen LogP contribution in [-0.4, -0.2) is 46.2 Å². The van der Waals surface area contributed by atoms with Gasteiger partial charge in [-0.15, -0.1) is 0 Å². The molecule has 0 saturated carbocycles. The van der Waals surface area contributed by atoms with Crippen LogP contribution >= 0.6 is 15.9 Å². The van der Waals surface area contributed by atoms with Gasteiger partial charge in [-0.3, -0.25) is 9.10 Å². The summed E-state index contributed by atoms with van der Waals surface area (Å²) in [5.74, 6) is -0.507. The van der Waals surface area contributed by atoms with Crippen molar-refractivity contribution in [2.24, 2.45) is 0 Å². The number of ether oxygens (including phenoxy) is 2. The number of sulfonamides is 1. The Balaban J connectivity index is 1.57. The lowest BCUT2D eigenvalue weighted by molar-refractivity contribution is -0.144. The van der Waals surface area contributed by atoms with Crippen LogP contribution in [-0.2, 0) is 26.0 Å². The van der Waals surface area contributed by atoms with Crippen LogP contribution in [0.3, 0.4) is 0 Å². The number of hydrogen-bond donors (Lipinski definition) is 0. The predicted molar refractivity (Wildman–Crippen MR) is 112 cm³/mol. The van der Waals surface area contributed by atoms with E-state index in [-0.39, 0.29) is 12.4 Å². The minimum Gasteiger partial charge on any atom is -0.482 e. The molecule has 2 aromatic carbocycles. The molecule has 2 aromatic rings. The van der Waals surface area contributed by atoms with Crippen molar-refractivity contribution in [2.45, 2.75) is 12.8 Å². The summed E-state index contributed by atoms with van der Waals surface area (Å²) < 4.78 is 36.3. The van der Waals surface area contributed by atoms with E-state index < -0.39 is 22.6 Å². The predicted octanol–water partition coefficient (Wildman–Crippen LogP) is 2.97. The van der Waals surface area contributed by atoms with Crippen molar-refractivity contribution in [3.05, 3.63) is 58.1 Å². The largest absolute Gasteiger partial charge is 0.482 e. The van der Waals surface area contributed by atoms with E-state index in [0.717, 1.165) is 16.3 Å². The molecule has 154 valence electrons. The van der Waals surface area contributed by atoms with Crippen LogP contribution in [0, 0.1) is 0 Å². The molecule has 0 spiro atoms. The Bertz CT molecular complexity index is 1040. The molecule has 0 radical (unpaired) electrons. The maximum atomic E-state index is 12.4. The van der Waals surface area contributed by atoms with Gasteiger partial charge in [0.15, 0.2) is 19.0 Å². The Kier molecular flexibility index (Phi) is 6.59. The van der Waals surface area contributed by atoms with E-state index in [1.807, 2.05) is 6.07 Å². The molecule has 0 aliphatic carbocycles. The van der Waals surface area contributed by atoms with E-state index in [1.165, 1.54) is 4.31 Å². The van der Waals surface area contributed by atoms with Gasteiger partial charge in [-0.2, -0.15) is 0 Å². The third-order valence-corrected chi connectivity index (χ3v) is 6.07. The number of rotatable bonds is 7. The number of Topliss-reactive ketones (excluding diaryl/α,β-unsaturated/α-hetero) is 1. The topological polar surface area (TPSA) is 90.0 Å². The molecule has 9 heteroatoms. The van der Waals surface area contributed by atoms with Crippen molar-refractivity contribution < 1.29 is 27.5 Å². The van der Waals surface area contributed by atoms with Crippen LogP contribution in [0.1, 0.15) is 22.3 Å². The molecule has 3 rings (SSSR count). The zero-order valence-electron chi connectivity index (χ0n) is 15.8. The molecule has 1 aliphatic rings. The summed E-state index contributed by atoms with van der Waals surface area (Å²) in [6.45, 7) is -0.290. The number of nitrogens with zero attached hydrogens (tertiary/aromatic N) is 1. The van der Waals surface area contributed by atoms with Crippen molar-refractivity contribution >= 4 is 43.4 Å². The lowest BCUT2D eigenvalue weighted by Gasteiger charge is -2.29. The Hall–Kier alpha value is -2.39. The molecule has 7 nitrogen and oxygen atoms in total. The zero-order chi connectivity index (χ0) is 21.0. The van der Waals surface area contributed by atoms with Gasteiger partial charge in [-0.1, -0.05) is 22.0 Å². The minimum absolute atomic E-state index is 0.308. The van der Waals surface area contributed by atoms with Crippen molar-refractivity contribution in [3.8, 4) is 5.75 Å². The standard InChI is InChI=1S/C20H20BrNO6S/c1-29(25,26)22-9-3-4-14-10-15(7-8-18(14)22)19(23)12-28-20(24)13-27-17-6-2-5-16(21)11-17/h2,5-8,10-11H,3-4,9,12-13H2,1H3. The average Bonchev–Trinajstić information content (AvgIpc) is 2.69. The molecule has 1 aliphatic heterocycles. The summed E-state index contributed by atoms with van der Waals surface area (Å²) in [6, 6.07) is 11.9. The highest BCUT2D eigenvalue weighted by molar-refractivity contribution is 9.10. The Morgan fingerprint density at radius 1 is 1.14 bits per heavy atom. The van der Waals surface area contributed by atoms with Crippen LogP contribution in [0.5, 0.6) is 5.75 Å². The third kappa shape index (κ3) is 5.57. The molecule has 29 heavy (non-hydrogen) atoms. The van der Waals surface area contributed by atoms with E-state index in [9.17, 15) is 18.0 Å². The molecule has 0 aromatic heterocycles. The lowest BCUT2D eigenvalue weighted by atomic mass is 9.99. The molecule has 0 bridgehead atoms. The smallest absolute Gasteiger partial charge is 0.344 e. The molecular formula is C20H20BrNO6S. The molecule has 0 atom stereocenters. The molecule has 0 fully saturated rings. The second-order valence-corrected chi connectivity index (χ2v) is 9.43. The second kappa shape index (κ2) is 8.96. The Morgan fingerprint density at radius 2 is 1.93 bits per heavy atom. The number of carbonyl (C=O) groups excluding carboxylic acids is 2. The summed E-state index contributed by atoms with van der Waals surface area (Å²) in [5.41, 5.74) is 1.76. The van der Waals surface area contributed by atoms with Gasteiger partial charge in [0.2, 0.25) is 10.0 Å². The minimum atomic E-state index is -3.36. The number of esters is 1. The van der Waals surface area contributed by atoms with Crippen molar-refractivity contribution in [1.82, 2.24) is 0 Å². The molecular weight excluding hydrogens is 462 g/mol. The highest BCUT2D eigenvalue weighted by Crippen LogP contribution is 2.30. The fraction of sp³-hybridized carbons (Fsp3) is 0.300. The van der Waals surface area contributed by atoms with Crippen molar-refractivity contribution in [3.63, 3.8) is 0 Å². The fourth-order valence-electron chi connectivity index (χ4n) is 3.05. The molecule has 0 amide bonds. The summed E-state index contributed by atoms with van der Waals surface area (Å²) >= 11 is 3.31. The van der Waals surface area contributed by atoms with Gasteiger partial charge >= 0.3 is 5.97 Å². The summed E-state index contributed by atoms with van der Waals surface area (Å²) in [6.07, 6.45) is 2.53. The van der Waals surface area contributed by atoms with Gasteiger partial charge in [0.1, 0.15) is 5.75 Å². The second-order valence-electron chi connectivity index (χ2n) is 6.61. The van der Waals surface area contributed by atoms with Crippen LogP contribution in [0.15, 0.2) is 46.9 Å². The van der Waals surface area contributed by atoms with Gasteiger partial charge in [0.25, 0.3) is 0 Å². The molecule has 0 saturated heterocycles. The SMILES string of the molecule is CS(=O)(=O)N1CCCc2cc(C(=O)COC(=O)COc3cccc(Br)c3)ccc21. The van der Waals surface area contributed by atoms with E-state index >= 15 is 0 Å². The van der Waals surface area contributed by atoms with E-state index in [2.05, 4.69) is 15.9 Å². The first-order valence-corrected chi connectivity index (χ1v) is 11.6. The first kappa shape index (κ1) is 21.3. The van der Waals surface area contributed by atoms with Gasteiger partial charge < -0.3 is 9.47 Å².